The normalized spacial score (nSPS) is 18.1. The van der Waals surface area contributed by atoms with Crippen LogP contribution >= 0.6 is 23.2 Å². The van der Waals surface area contributed by atoms with Crippen molar-refractivity contribution >= 4 is 41.7 Å². The van der Waals surface area contributed by atoms with Gasteiger partial charge in [0.05, 0.1) is 10.0 Å². The van der Waals surface area contributed by atoms with Gasteiger partial charge in [0.25, 0.3) is 12.2 Å². The van der Waals surface area contributed by atoms with Crippen molar-refractivity contribution < 1.29 is 94.8 Å². The molecule has 70 heavy (non-hydrogen) atoms. The van der Waals surface area contributed by atoms with Crippen molar-refractivity contribution in [3.63, 3.8) is 0 Å². The molecule has 0 bridgehead atoms. The Bertz CT molecular complexity index is 1960. The number of alkyl halides is 14. The van der Waals surface area contributed by atoms with Gasteiger partial charge in [-0.05, 0) is 99.2 Å². The Balaban J connectivity index is 0.000000307. The van der Waals surface area contributed by atoms with E-state index in [1.807, 2.05) is 0 Å². The standard InChI is InChI=1S/C21H24ClF7N2O3.C13H17F6NO2.C9H8ClFO2.CH4/c22-15-3-2-14(12-16(15)33-11-7-23)13-31-8-1-4-19(31)5-9-30(10-6-19)18(32)34-17(20(24,25)26)21(27,28)29;14-12(15,16)9(13(17,18)19)22-10(21)20-7-5-11(6-8-20)3-1-2-4-11;10-8-2-1-7(6-12)5-9(8)13-4-3-11;/h2-3,12,17H,1,4-11,13H2;9H,1-8H2;1-2,5-6H,3-4H2;1H4. The molecule has 2 aromatic rings. The maximum Gasteiger partial charge on any atom is 0.434 e. The summed E-state index contributed by atoms with van der Waals surface area (Å²) in [6.07, 6.45) is -25.8. The second kappa shape index (κ2) is 25.5. The predicted octanol–water partition coefficient (Wildman–Crippen LogP) is 13.2. The quantitative estimate of drug-likeness (QED) is 0.162. The van der Waals surface area contributed by atoms with Gasteiger partial charge in [-0.2, -0.15) is 52.7 Å². The minimum atomic E-state index is -5.75. The lowest BCUT2D eigenvalue weighted by atomic mass is 9.77. The lowest BCUT2D eigenvalue weighted by Crippen LogP contribution is -2.54. The number of carbonyl (C=O) groups excluding carboxylic acids is 3. The number of piperidine rings is 2. The van der Waals surface area contributed by atoms with Gasteiger partial charge < -0.3 is 28.7 Å². The van der Waals surface area contributed by atoms with E-state index in [1.54, 1.807) is 30.3 Å². The van der Waals surface area contributed by atoms with Crippen LogP contribution in [0.1, 0.15) is 87.6 Å². The highest BCUT2D eigenvalue weighted by Crippen LogP contribution is 2.47. The summed E-state index contributed by atoms with van der Waals surface area (Å²) in [5.41, 5.74) is 1.08. The van der Waals surface area contributed by atoms with E-state index >= 15 is 0 Å². The molecule has 6 rings (SSSR count). The van der Waals surface area contributed by atoms with Crippen molar-refractivity contribution in [2.24, 2.45) is 5.41 Å². The summed E-state index contributed by atoms with van der Waals surface area (Å²) >= 11 is 11.8. The minimum absolute atomic E-state index is 0. The molecule has 2 aromatic carbocycles. The van der Waals surface area contributed by atoms with E-state index in [4.69, 9.17) is 32.7 Å². The molecule has 4 fully saturated rings. The van der Waals surface area contributed by atoms with Gasteiger partial charge in [-0.1, -0.05) is 49.5 Å². The van der Waals surface area contributed by atoms with Crippen LogP contribution in [0.4, 0.5) is 71.1 Å². The number of hydrogen-bond donors (Lipinski definition) is 0. The second-order valence-corrected chi connectivity index (χ2v) is 17.6. The fraction of sp³-hybridized carbons (Fsp3) is 0.659. The summed E-state index contributed by atoms with van der Waals surface area (Å²) in [6.45, 7) is 0.0300. The molecule has 0 radical (unpaired) electrons. The molecule has 2 amide bonds. The van der Waals surface area contributed by atoms with E-state index in [1.165, 1.54) is 6.07 Å². The topological polar surface area (TPSA) is 97.9 Å². The van der Waals surface area contributed by atoms with Gasteiger partial charge >= 0.3 is 36.9 Å². The minimum Gasteiger partial charge on any atom is -0.489 e. The Labute approximate surface area is 404 Å². The van der Waals surface area contributed by atoms with Crippen molar-refractivity contribution in [3.05, 3.63) is 57.6 Å². The predicted molar refractivity (Wildman–Crippen MR) is 228 cm³/mol. The first-order valence-corrected chi connectivity index (χ1v) is 22.3. The smallest absolute Gasteiger partial charge is 0.434 e. The zero-order valence-corrected chi connectivity index (χ0v) is 38.1. The molecular formula is C44H53Cl2F14N3O7. The fourth-order valence-electron chi connectivity index (χ4n) is 8.67. The van der Waals surface area contributed by atoms with Crippen LogP contribution in [-0.2, 0) is 16.0 Å². The molecule has 26 heteroatoms. The summed E-state index contributed by atoms with van der Waals surface area (Å²) < 4.78 is 192. The van der Waals surface area contributed by atoms with Crippen LogP contribution in [0.25, 0.3) is 0 Å². The second-order valence-electron chi connectivity index (χ2n) is 16.8. The van der Waals surface area contributed by atoms with Crippen molar-refractivity contribution in [1.29, 1.82) is 0 Å². The van der Waals surface area contributed by atoms with Crippen molar-refractivity contribution in [3.8, 4) is 11.5 Å². The Morgan fingerprint density at radius 3 is 1.46 bits per heavy atom. The van der Waals surface area contributed by atoms with Gasteiger partial charge in [0, 0.05) is 43.8 Å². The van der Waals surface area contributed by atoms with Crippen LogP contribution in [0.5, 0.6) is 11.5 Å². The zero-order valence-electron chi connectivity index (χ0n) is 36.6. The molecule has 1 aliphatic carbocycles. The summed E-state index contributed by atoms with van der Waals surface area (Å²) in [5.74, 6) is 0.690. The van der Waals surface area contributed by atoms with E-state index in [2.05, 4.69) is 14.4 Å². The van der Waals surface area contributed by atoms with Gasteiger partial charge in [-0.3, -0.25) is 9.69 Å². The highest BCUT2D eigenvalue weighted by atomic mass is 35.5. The Hall–Kier alpha value is -4.19. The van der Waals surface area contributed by atoms with Crippen LogP contribution in [0, 0.1) is 5.41 Å². The van der Waals surface area contributed by atoms with E-state index in [0.717, 1.165) is 60.4 Å². The average molecular weight is 1070 g/mol. The molecule has 10 nitrogen and oxygen atoms in total. The SMILES string of the molecule is C.O=C(OC(C(F)(F)F)C(F)(F)F)N1CCC2(CCCC2)CC1.O=C(OC(C(F)(F)F)C(F)(F)F)N1CCC2(CCCN2Cc2ccc(Cl)c(OCCF)c2)CC1.O=Cc1ccc(Cl)c(OCCF)c1. The monoisotopic (exact) mass is 1070 g/mol. The number of benzene rings is 2. The van der Waals surface area contributed by atoms with Crippen LogP contribution in [0.2, 0.25) is 10.0 Å². The number of hydrogen-bond acceptors (Lipinski definition) is 8. The Morgan fingerprint density at radius 2 is 1.03 bits per heavy atom. The maximum absolute atomic E-state index is 12.7. The number of likely N-dealkylation sites (tertiary alicyclic amines) is 3. The third-order valence-corrected chi connectivity index (χ3v) is 12.8. The van der Waals surface area contributed by atoms with Crippen LogP contribution in [0.3, 0.4) is 0 Å². The first-order valence-electron chi connectivity index (χ1n) is 21.5. The lowest BCUT2D eigenvalue weighted by Gasteiger charge is -2.45. The van der Waals surface area contributed by atoms with Crippen LogP contribution in [-0.4, -0.2) is 135 Å². The van der Waals surface area contributed by atoms with Crippen molar-refractivity contribution in [2.45, 2.75) is 121 Å². The van der Waals surface area contributed by atoms with E-state index in [-0.39, 0.29) is 57.8 Å². The van der Waals surface area contributed by atoms with E-state index in [9.17, 15) is 75.8 Å². The lowest BCUT2D eigenvalue weighted by molar-refractivity contribution is -0.309. The highest BCUT2D eigenvalue weighted by Gasteiger charge is 2.61. The number of aldehydes is 1. The number of carbonyl (C=O) groups is 3. The molecule has 0 N–H and O–H groups in total. The van der Waals surface area contributed by atoms with Gasteiger partial charge in [0.2, 0.25) is 0 Å². The van der Waals surface area contributed by atoms with Gasteiger partial charge in [-0.15, -0.1) is 0 Å². The number of ether oxygens (including phenoxy) is 4. The van der Waals surface area contributed by atoms with Gasteiger partial charge in [0.1, 0.15) is 44.3 Å². The summed E-state index contributed by atoms with van der Waals surface area (Å²) in [5, 5.41) is 0.718. The molecule has 2 spiro atoms. The fourth-order valence-corrected chi connectivity index (χ4v) is 9.01. The largest absolute Gasteiger partial charge is 0.489 e. The van der Waals surface area contributed by atoms with E-state index < -0.39 is 62.4 Å². The molecule has 4 aliphatic rings. The number of rotatable bonds is 11. The third-order valence-electron chi connectivity index (χ3n) is 12.2. The molecule has 0 unspecified atom stereocenters. The maximum atomic E-state index is 12.7. The number of amides is 2. The average Bonchev–Trinajstić information content (AvgIpc) is 3.89. The molecule has 3 heterocycles. The third kappa shape index (κ3) is 17.0. The molecule has 3 saturated heterocycles. The number of nitrogens with zero attached hydrogens (tertiary/aromatic N) is 3. The Morgan fingerprint density at radius 1 is 0.600 bits per heavy atom. The molecule has 1 saturated carbocycles. The summed E-state index contributed by atoms with van der Waals surface area (Å²) in [4.78, 5) is 38.1. The first kappa shape index (κ1) is 60.1. The molecule has 0 atom stereocenters. The molecule has 3 aliphatic heterocycles. The van der Waals surface area contributed by atoms with Crippen molar-refractivity contribution in [1.82, 2.24) is 14.7 Å². The molecule has 398 valence electrons. The van der Waals surface area contributed by atoms with E-state index in [0.29, 0.717) is 65.6 Å². The summed E-state index contributed by atoms with van der Waals surface area (Å²) in [7, 11) is 0. The van der Waals surface area contributed by atoms with Crippen LogP contribution in [0.15, 0.2) is 36.4 Å². The summed E-state index contributed by atoms with van der Waals surface area (Å²) in [6, 6.07) is 9.74. The van der Waals surface area contributed by atoms with Crippen molar-refractivity contribution in [2.75, 3.05) is 59.3 Å². The van der Waals surface area contributed by atoms with Gasteiger partial charge in [-0.25, -0.2) is 18.4 Å². The zero-order chi connectivity index (χ0) is 51.4. The first-order chi connectivity index (χ1) is 32.2. The highest BCUT2D eigenvalue weighted by molar-refractivity contribution is 6.32. The van der Waals surface area contributed by atoms with Crippen LogP contribution < -0.4 is 9.47 Å². The van der Waals surface area contributed by atoms with Gasteiger partial charge in [0.15, 0.2) is 0 Å². The number of halogens is 16. The Kier molecular flexibility index (Phi) is 21.9. The molecule has 0 aromatic heterocycles. The molecular weight excluding hydrogens is 1020 g/mol.